The van der Waals surface area contributed by atoms with Crippen LogP contribution in [0.4, 0.5) is 18.0 Å². The summed E-state index contributed by atoms with van der Waals surface area (Å²) in [6, 6.07) is 2.56. The van der Waals surface area contributed by atoms with E-state index in [1.807, 2.05) is 0 Å². The van der Waals surface area contributed by atoms with Crippen LogP contribution in [-0.2, 0) is 15.7 Å². The first-order chi connectivity index (χ1) is 14.2. The van der Waals surface area contributed by atoms with Crippen molar-refractivity contribution in [1.82, 2.24) is 15.2 Å². The van der Waals surface area contributed by atoms with Crippen LogP contribution < -0.4 is 10.1 Å². The number of rotatable bonds is 5. The normalized spacial score (nSPS) is 23.2. The quantitative estimate of drug-likeness (QED) is 0.754. The van der Waals surface area contributed by atoms with Gasteiger partial charge in [0.15, 0.2) is 5.69 Å². The molecule has 1 unspecified atom stereocenters. The molecule has 1 aliphatic carbocycles. The van der Waals surface area contributed by atoms with E-state index in [0.29, 0.717) is 13.1 Å². The predicted octanol–water partition coefficient (Wildman–Crippen LogP) is 3.49. The number of alkyl halides is 3. The van der Waals surface area contributed by atoms with Crippen molar-refractivity contribution < 1.29 is 32.2 Å². The van der Waals surface area contributed by atoms with E-state index >= 15 is 0 Å². The summed E-state index contributed by atoms with van der Waals surface area (Å²) < 4.78 is 49.9. The number of carbonyl (C=O) groups is 2. The average Bonchev–Trinajstić information content (AvgIpc) is 3.12. The second-order valence-corrected chi connectivity index (χ2v) is 9.75. The molecule has 1 saturated heterocycles. The standard InChI is InChI=1S/C21H28F3N3O4/c1-19(2,3)31-18(29)27-9-12-13(10-27)15(12)17(28)26-20(4,5)11-30-14-7-6-8-25-16(14)21(22,23)24/h6-8,12-13,15H,9-11H2,1-5H3,(H,26,28)/t12-,13+,15?. The number of carbonyl (C=O) groups excluding carboxylic acids is 2. The molecule has 7 nitrogen and oxygen atoms in total. The first-order valence-corrected chi connectivity index (χ1v) is 10.1. The Morgan fingerprint density at radius 3 is 2.32 bits per heavy atom. The molecule has 1 aliphatic heterocycles. The lowest BCUT2D eigenvalue weighted by Crippen LogP contribution is -2.49. The van der Waals surface area contributed by atoms with E-state index in [0.717, 1.165) is 6.20 Å². The Morgan fingerprint density at radius 2 is 1.77 bits per heavy atom. The van der Waals surface area contributed by atoms with Gasteiger partial charge < -0.3 is 19.7 Å². The van der Waals surface area contributed by atoms with Crippen LogP contribution in [0.3, 0.4) is 0 Å². The monoisotopic (exact) mass is 443 g/mol. The van der Waals surface area contributed by atoms with Gasteiger partial charge in [-0.1, -0.05) is 0 Å². The van der Waals surface area contributed by atoms with E-state index in [9.17, 15) is 22.8 Å². The fraction of sp³-hybridized carbons (Fsp3) is 0.667. The lowest BCUT2D eigenvalue weighted by molar-refractivity contribution is -0.143. The molecule has 2 amide bonds. The average molecular weight is 443 g/mol. The SMILES string of the molecule is CC(C)(COc1cccnc1C(F)(F)F)NC(=O)C1[C@H]2CN(C(=O)OC(C)(C)C)C[C@@H]12. The Balaban J connectivity index is 1.51. The van der Waals surface area contributed by atoms with Gasteiger partial charge in [-0.2, -0.15) is 13.2 Å². The van der Waals surface area contributed by atoms with Crippen molar-refractivity contribution in [2.45, 2.75) is 51.9 Å². The Bertz CT molecular complexity index is 839. The molecule has 2 aliphatic rings. The van der Waals surface area contributed by atoms with Gasteiger partial charge >= 0.3 is 12.3 Å². The summed E-state index contributed by atoms with van der Waals surface area (Å²) in [4.78, 5) is 29.8. The van der Waals surface area contributed by atoms with Crippen molar-refractivity contribution in [1.29, 1.82) is 0 Å². The molecule has 1 saturated carbocycles. The van der Waals surface area contributed by atoms with Gasteiger partial charge in [0.1, 0.15) is 18.0 Å². The van der Waals surface area contributed by atoms with Gasteiger partial charge in [-0.3, -0.25) is 4.79 Å². The van der Waals surface area contributed by atoms with Gasteiger partial charge in [0, 0.05) is 25.2 Å². The molecule has 0 spiro atoms. The lowest BCUT2D eigenvalue weighted by atomic mass is 10.1. The van der Waals surface area contributed by atoms with E-state index < -0.39 is 23.0 Å². The van der Waals surface area contributed by atoms with Gasteiger partial charge in [-0.15, -0.1) is 0 Å². The Morgan fingerprint density at radius 1 is 1.16 bits per heavy atom. The fourth-order valence-corrected chi connectivity index (χ4v) is 3.82. The number of nitrogens with one attached hydrogen (secondary N) is 1. The maximum atomic E-state index is 13.1. The zero-order valence-corrected chi connectivity index (χ0v) is 18.2. The molecule has 1 N–H and O–H groups in total. The molecule has 1 aromatic rings. The van der Waals surface area contributed by atoms with E-state index in [1.165, 1.54) is 12.1 Å². The number of pyridine rings is 1. The molecule has 2 fully saturated rings. The van der Waals surface area contributed by atoms with E-state index in [2.05, 4.69) is 10.3 Å². The number of likely N-dealkylation sites (tertiary alicyclic amines) is 1. The van der Waals surface area contributed by atoms with Crippen LogP contribution in [0.1, 0.15) is 40.3 Å². The smallest absolute Gasteiger partial charge is 0.437 e. The molecule has 31 heavy (non-hydrogen) atoms. The lowest BCUT2D eigenvalue weighted by Gasteiger charge is -2.28. The number of ether oxygens (including phenoxy) is 2. The molecule has 3 rings (SSSR count). The summed E-state index contributed by atoms with van der Waals surface area (Å²) in [7, 11) is 0. The van der Waals surface area contributed by atoms with Crippen LogP contribution in [0.2, 0.25) is 0 Å². The van der Waals surface area contributed by atoms with E-state index in [-0.39, 0.29) is 42.1 Å². The summed E-state index contributed by atoms with van der Waals surface area (Å²) in [5.41, 5.74) is -2.57. The van der Waals surface area contributed by atoms with Crippen molar-refractivity contribution in [3.05, 3.63) is 24.0 Å². The number of aromatic nitrogens is 1. The highest BCUT2D eigenvalue weighted by molar-refractivity contribution is 5.84. The van der Waals surface area contributed by atoms with Crippen molar-refractivity contribution in [2.75, 3.05) is 19.7 Å². The highest BCUT2D eigenvalue weighted by atomic mass is 19.4. The van der Waals surface area contributed by atoms with Crippen molar-refractivity contribution in [3.8, 4) is 5.75 Å². The first-order valence-electron chi connectivity index (χ1n) is 10.1. The first kappa shape index (κ1) is 23.1. The van der Waals surface area contributed by atoms with Gasteiger partial charge in [0.05, 0.1) is 5.54 Å². The number of nitrogens with zero attached hydrogens (tertiary/aromatic N) is 2. The van der Waals surface area contributed by atoms with Crippen LogP contribution >= 0.6 is 0 Å². The third-order valence-electron chi connectivity index (χ3n) is 5.24. The zero-order chi connectivity index (χ0) is 23.2. The molecular formula is C21H28F3N3O4. The van der Waals surface area contributed by atoms with Crippen molar-refractivity contribution in [2.24, 2.45) is 17.8 Å². The number of amides is 2. The predicted molar refractivity (Wildman–Crippen MR) is 105 cm³/mol. The van der Waals surface area contributed by atoms with Crippen LogP contribution in [0.25, 0.3) is 0 Å². The van der Waals surface area contributed by atoms with Crippen molar-refractivity contribution in [3.63, 3.8) is 0 Å². The van der Waals surface area contributed by atoms with Gasteiger partial charge in [-0.25, -0.2) is 9.78 Å². The van der Waals surface area contributed by atoms with Crippen LogP contribution in [-0.4, -0.2) is 52.7 Å². The number of hydrogen-bond acceptors (Lipinski definition) is 5. The molecule has 172 valence electrons. The molecule has 3 atom stereocenters. The Kier molecular flexibility index (Phi) is 5.88. The van der Waals surface area contributed by atoms with Gasteiger partial charge in [0.25, 0.3) is 0 Å². The molecule has 0 radical (unpaired) electrons. The van der Waals surface area contributed by atoms with Gasteiger partial charge in [0.2, 0.25) is 5.91 Å². The van der Waals surface area contributed by atoms with Crippen LogP contribution in [0, 0.1) is 17.8 Å². The third kappa shape index (κ3) is 5.59. The summed E-state index contributed by atoms with van der Waals surface area (Å²) in [5.74, 6) is -0.649. The molecule has 10 heteroatoms. The Hall–Kier alpha value is -2.52. The minimum atomic E-state index is -4.63. The maximum absolute atomic E-state index is 13.1. The zero-order valence-electron chi connectivity index (χ0n) is 18.2. The molecule has 2 heterocycles. The summed E-state index contributed by atoms with van der Waals surface area (Å²) in [5, 5.41) is 2.86. The summed E-state index contributed by atoms with van der Waals surface area (Å²) >= 11 is 0. The minimum absolute atomic E-state index is 0.0689. The molecule has 1 aromatic heterocycles. The maximum Gasteiger partial charge on any atom is 0.437 e. The van der Waals surface area contributed by atoms with Crippen LogP contribution in [0.15, 0.2) is 18.3 Å². The minimum Gasteiger partial charge on any atom is -0.489 e. The topological polar surface area (TPSA) is 80.8 Å². The highest BCUT2D eigenvalue weighted by Crippen LogP contribution is 2.52. The summed E-state index contributed by atoms with van der Waals surface area (Å²) in [6.07, 6.45) is -3.96. The van der Waals surface area contributed by atoms with E-state index in [1.54, 1.807) is 39.5 Å². The third-order valence-corrected chi connectivity index (χ3v) is 5.24. The second-order valence-electron chi connectivity index (χ2n) is 9.75. The van der Waals surface area contributed by atoms with E-state index in [4.69, 9.17) is 9.47 Å². The van der Waals surface area contributed by atoms with Gasteiger partial charge in [-0.05, 0) is 58.6 Å². The Labute approximate surface area is 179 Å². The van der Waals surface area contributed by atoms with Crippen LogP contribution in [0.5, 0.6) is 5.75 Å². The highest BCUT2D eigenvalue weighted by Gasteiger charge is 2.61. The number of piperidine rings is 1. The van der Waals surface area contributed by atoms with Crippen molar-refractivity contribution >= 4 is 12.0 Å². The fourth-order valence-electron chi connectivity index (χ4n) is 3.82. The molecular weight excluding hydrogens is 415 g/mol. The largest absolute Gasteiger partial charge is 0.489 e. The molecule has 0 aromatic carbocycles. The summed E-state index contributed by atoms with van der Waals surface area (Å²) in [6.45, 7) is 9.51. The number of hydrogen-bond donors (Lipinski definition) is 1. The number of fused-ring (bicyclic) bond motifs is 1. The molecule has 0 bridgehead atoms. The second kappa shape index (κ2) is 7.87. The number of halogens is 3.